The van der Waals surface area contributed by atoms with Crippen LogP contribution in [-0.2, 0) is 100.0 Å². The van der Waals surface area contributed by atoms with Crippen molar-refractivity contribution in [3.05, 3.63) is 158 Å². The van der Waals surface area contributed by atoms with Crippen molar-refractivity contribution >= 4 is 0 Å². The Bertz CT molecular complexity index is 683. The predicted molar refractivity (Wildman–Crippen MR) is 119 cm³/mol. The summed E-state index contributed by atoms with van der Waals surface area (Å²) in [6.45, 7) is 114. The number of hydrogen-bond donors (Lipinski definition) is 0. The van der Waals surface area contributed by atoms with Gasteiger partial charge in [-0.25, -0.2) is 0 Å². The minimum absolute atomic E-state index is 0. The van der Waals surface area contributed by atoms with Gasteiger partial charge in [0.05, 0.1) is 0 Å². The molecule has 0 atom stereocenters. The fourth-order valence-electron chi connectivity index (χ4n) is 0. The zero-order valence-electron chi connectivity index (χ0n) is 25.6. The van der Waals surface area contributed by atoms with E-state index in [1.54, 1.807) is 0 Å². The molecule has 0 rings (SSSR count). The normalized spacial score (nSPS) is 1.24. The smallest absolute Gasteiger partial charge is 4.00 e. The van der Waals surface area contributed by atoms with Crippen molar-refractivity contribution in [1.82, 2.24) is 0 Å². The first kappa shape index (κ1) is 249. The van der Waals surface area contributed by atoms with Gasteiger partial charge >= 0.3 is 100.0 Å². The molecule has 0 amide bonds. The minimum Gasteiger partial charge on any atom is 4.00 e. The molecule has 0 heterocycles. The summed E-state index contributed by atoms with van der Waals surface area (Å²) < 4.78 is 0. The molecule has 0 fully saturated rings. The molecule has 55 heavy (non-hydrogen) atoms. The van der Waals surface area contributed by atoms with Gasteiger partial charge in [-0.3, -0.25) is 0 Å². The maximum atomic E-state index is 6.25. The van der Waals surface area contributed by atoms with Crippen molar-refractivity contribution in [3.63, 3.8) is 0 Å². The zero-order valence-corrected chi connectivity index (χ0v) is 34.7. The van der Waals surface area contributed by atoms with Crippen LogP contribution in [0.1, 0.15) is 0 Å². The second kappa shape index (κ2) is 2570. The van der Waals surface area contributed by atoms with E-state index in [1.165, 1.54) is 0 Å². The summed E-state index contributed by atoms with van der Waals surface area (Å²) in [4.78, 5) is 0. The molecule has 0 saturated heterocycles. The largest absolute Gasteiger partial charge is 4.00 e. The van der Waals surface area contributed by atoms with E-state index in [2.05, 4.69) is 50.7 Å². The molecule has 31 heteroatoms. The summed E-state index contributed by atoms with van der Waals surface area (Å²) in [6.07, 6.45) is 0. The van der Waals surface area contributed by atoms with Gasteiger partial charge in [-0.15, -0.1) is 0 Å². The van der Waals surface area contributed by atoms with Gasteiger partial charge in [0.15, 0.2) is 0 Å². The van der Waals surface area contributed by atoms with E-state index in [0.29, 0.717) is 0 Å². The average Bonchev–Trinajstić information content (AvgIpc) is 3.39. The fraction of sp³-hybridized carbons (Fsp3) is 0. The Morgan fingerprint density at radius 1 is 0.145 bits per heavy atom. The molecule has 0 aromatic heterocycles. The standard InChI is InChI=1S/24CN.4Fe.3Ti/c24*1-2;;;;;;;/q24*-1;;;;;;;+4. The zero-order chi connectivity index (χ0) is 53.4. The molecule has 0 spiro atoms. The van der Waals surface area contributed by atoms with Crippen LogP contribution in [0.2, 0.25) is 0 Å². The number of nitrogens with zero attached hydrogens (tertiary/aromatic N) is 24. The van der Waals surface area contributed by atoms with Gasteiger partial charge < -0.3 is 284 Å². The van der Waals surface area contributed by atoms with Gasteiger partial charge in [0.2, 0.25) is 0 Å². The third-order valence-electron chi connectivity index (χ3n) is 0. The minimum atomic E-state index is 0. The third kappa shape index (κ3) is 1380. The van der Waals surface area contributed by atoms with Crippen LogP contribution < -0.4 is 0 Å². The molecule has 280 valence electrons. The van der Waals surface area contributed by atoms with Crippen molar-refractivity contribution < 1.29 is 100.0 Å². The van der Waals surface area contributed by atoms with Crippen LogP contribution in [0.3, 0.4) is 0 Å². The Hall–Kier alpha value is -8.02. The Balaban J connectivity index is -0.00000000593. The van der Waals surface area contributed by atoms with E-state index in [0.717, 1.165) is 0 Å². The molecule has 24 nitrogen and oxygen atoms in total. The Morgan fingerprint density at radius 2 is 0.145 bits per heavy atom. The Morgan fingerprint density at radius 3 is 0.145 bits per heavy atom. The Labute approximate surface area is 380 Å². The molecule has 0 aliphatic heterocycles. The van der Waals surface area contributed by atoms with Gasteiger partial charge in [-0.1, -0.05) is 0 Å². The summed E-state index contributed by atoms with van der Waals surface area (Å²) >= 11 is 14.0. The molecule has 0 bridgehead atoms. The van der Waals surface area contributed by atoms with Gasteiger partial charge in [0.1, 0.15) is 0 Å². The Kier molecular flexibility index (Phi) is 11600. The first-order chi connectivity index (χ1) is 26.8. The van der Waals surface area contributed by atoms with Crippen molar-refractivity contribution in [3.8, 4) is 0 Å². The topological polar surface area (TPSA) is 571 Å². The summed E-state index contributed by atoms with van der Waals surface area (Å²) in [7, 11) is 0. The van der Waals surface area contributed by atoms with Crippen molar-refractivity contribution in [2.45, 2.75) is 0 Å². The summed E-state index contributed by atoms with van der Waals surface area (Å²) in [5.74, 6) is 0. The first-order valence-electron chi connectivity index (χ1n) is 6.07. The fourth-order valence-corrected chi connectivity index (χ4v) is 0. The van der Waals surface area contributed by atoms with Gasteiger partial charge in [0.25, 0.3) is 0 Å². The average molecular weight is 991 g/mol. The van der Waals surface area contributed by atoms with E-state index in [1.807, 2.05) is 0 Å². The van der Waals surface area contributed by atoms with Crippen LogP contribution in [0.4, 0.5) is 0 Å². The van der Waals surface area contributed by atoms with E-state index in [-0.39, 0.29) is 49.3 Å². The van der Waals surface area contributed by atoms with Gasteiger partial charge in [0, 0.05) is 0 Å². The second-order valence-corrected chi connectivity index (χ2v) is 8.76. The van der Waals surface area contributed by atoms with E-state index in [9.17, 15) is 0 Å². The molecular formula is C24Fe4N24Ti3-20. The number of rotatable bonds is 0. The van der Waals surface area contributed by atoms with Crippen LogP contribution in [0.25, 0.3) is 0 Å². The SMILES string of the molecule is [C-]#N.[C-]#N.[C-]#N.[C-]#N.[C-]#N.[C-]#N.[C-]#N.[C-]#N.[C-]#N.[C-]#N.[C-]#N.[C-]#N.[C-]#N.[C-]#N.[C-]#N.[C-]#N.[C-]#N.[C-]#N.[C-]#N.[C-]#N.[C-]#N.[C-]#N.[C-]#N.[C-]#N.[Fe]=[Ti]=[Fe].[Fe]=[Ti]=[Fe].[Ti+4]. The van der Waals surface area contributed by atoms with E-state index >= 15 is 0 Å². The first-order valence-corrected chi connectivity index (χ1v) is 17.4. The van der Waals surface area contributed by atoms with Crippen LogP contribution in [0, 0.1) is 284 Å². The van der Waals surface area contributed by atoms with Crippen molar-refractivity contribution in [2.75, 3.05) is 0 Å². The molecule has 0 aliphatic carbocycles. The molecule has 0 aromatic carbocycles. The van der Waals surface area contributed by atoms with Crippen LogP contribution >= 0.6 is 0 Å². The van der Waals surface area contributed by atoms with Crippen molar-refractivity contribution in [1.29, 1.82) is 126 Å². The van der Waals surface area contributed by atoms with E-state index in [4.69, 9.17) is 284 Å². The molecule has 0 radical (unpaired) electrons. The monoisotopic (exact) mass is 992 g/mol. The molecule has 0 aromatic rings. The molecule has 0 unspecified atom stereocenters. The number of hydrogen-bond acceptors (Lipinski definition) is 24. The summed E-state index contributed by atoms with van der Waals surface area (Å²) in [5, 5.41) is 150. The third-order valence-corrected chi connectivity index (χ3v) is 0. The molecule has 0 N–H and O–H groups in total. The quantitative estimate of drug-likeness (QED) is 0.248. The predicted octanol–water partition coefficient (Wildman–Crippen LogP) is 2.30. The van der Waals surface area contributed by atoms with E-state index < -0.39 is 0 Å². The second-order valence-electron chi connectivity index (χ2n) is 0.125. The maximum absolute atomic E-state index is 6.25. The van der Waals surface area contributed by atoms with Crippen LogP contribution in [-0.4, -0.2) is 0 Å². The molecule has 0 saturated carbocycles. The van der Waals surface area contributed by atoms with Gasteiger partial charge in [-0.05, 0) is 0 Å². The van der Waals surface area contributed by atoms with Crippen LogP contribution in [0.5, 0.6) is 0 Å². The molecule has 0 aliphatic rings. The van der Waals surface area contributed by atoms with Gasteiger partial charge in [-0.2, -0.15) is 0 Å². The molecular weight excluding hydrogens is 991 g/mol. The summed E-state index contributed by atoms with van der Waals surface area (Å²) in [5.41, 5.74) is 0. The summed E-state index contributed by atoms with van der Waals surface area (Å²) in [6, 6.07) is 0. The van der Waals surface area contributed by atoms with Crippen LogP contribution in [0.15, 0.2) is 0 Å². The van der Waals surface area contributed by atoms with Crippen molar-refractivity contribution in [2.24, 2.45) is 0 Å². The maximum Gasteiger partial charge on any atom is 4.00 e.